The number of carbonyl (C=O) groups excluding carboxylic acids is 3. The molecule has 2 aliphatic carbocycles. The Morgan fingerprint density at radius 3 is 2.38 bits per heavy atom. The Labute approximate surface area is 273 Å². The number of morpholine rings is 1. The average Bonchev–Trinajstić information content (AvgIpc) is 3.08. The van der Waals surface area contributed by atoms with Crippen LogP contribution in [0.15, 0.2) is 18.2 Å². The molecule has 2 aromatic carbocycles. The number of ketones is 2. The summed E-state index contributed by atoms with van der Waals surface area (Å²) in [7, 11) is 3.05. The summed E-state index contributed by atoms with van der Waals surface area (Å²) >= 11 is 0. The molecule has 0 aromatic heterocycles. The number of aromatic hydroxyl groups is 2. The first kappa shape index (κ1) is 33.3. The number of ether oxygens (including phenoxy) is 4. The van der Waals surface area contributed by atoms with Gasteiger partial charge in [0, 0.05) is 74.6 Å². The number of aliphatic hydroxyl groups is 1. The van der Waals surface area contributed by atoms with Crippen molar-refractivity contribution in [3.05, 3.63) is 51.6 Å². The van der Waals surface area contributed by atoms with Crippen molar-refractivity contribution in [3.8, 4) is 17.2 Å². The SMILES string of the molecule is COC1CN(C2CCOC(C)C2O)CCO1.COc1cccc2c1C(=O)c1c(O)c3c(c(O)c1C2=O)CC(C(=O)N1CC(N)C1)CC3. The molecule has 5 atom stereocenters. The van der Waals surface area contributed by atoms with Gasteiger partial charge in [-0.05, 0) is 38.7 Å². The van der Waals surface area contributed by atoms with Crippen LogP contribution in [0, 0.1) is 5.92 Å². The van der Waals surface area contributed by atoms with E-state index in [0.717, 1.165) is 26.1 Å². The normalized spacial score (nSPS) is 27.5. The molecule has 3 saturated heterocycles. The molecule has 1 amide bonds. The van der Waals surface area contributed by atoms with Crippen LogP contribution in [0.4, 0.5) is 0 Å². The maximum atomic E-state index is 13.3. The molecule has 13 heteroatoms. The first-order chi connectivity index (χ1) is 22.5. The fraction of sp³-hybridized carbons (Fsp3) is 0.559. The number of phenolic OH excluding ortho intramolecular Hbond substituents is 2. The lowest BCUT2D eigenvalue weighted by atomic mass is 9.75. The van der Waals surface area contributed by atoms with Crippen LogP contribution in [0.25, 0.3) is 0 Å². The fourth-order valence-electron chi connectivity index (χ4n) is 7.40. The molecule has 13 nitrogen and oxygen atoms in total. The predicted octanol–water partition coefficient (Wildman–Crippen LogP) is 0.986. The zero-order valence-corrected chi connectivity index (χ0v) is 26.9. The van der Waals surface area contributed by atoms with Crippen LogP contribution >= 0.6 is 0 Å². The molecule has 254 valence electrons. The van der Waals surface area contributed by atoms with Crippen LogP contribution in [0.2, 0.25) is 0 Å². The second kappa shape index (κ2) is 13.5. The smallest absolute Gasteiger partial charge is 0.226 e. The number of carbonyl (C=O) groups is 3. The second-order valence-electron chi connectivity index (χ2n) is 12.8. The minimum Gasteiger partial charge on any atom is -0.507 e. The molecule has 0 spiro atoms. The van der Waals surface area contributed by atoms with E-state index in [4.69, 9.17) is 24.7 Å². The Hall–Kier alpha value is -3.59. The van der Waals surface area contributed by atoms with E-state index in [-0.39, 0.29) is 82.2 Å². The van der Waals surface area contributed by atoms with Crippen LogP contribution in [0.3, 0.4) is 0 Å². The Kier molecular flexibility index (Phi) is 9.57. The number of amides is 1. The van der Waals surface area contributed by atoms with Crippen molar-refractivity contribution in [2.75, 3.05) is 53.6 Å². The number of nitrogens with zero attached hydrogens (tertiary/aromatic N) is 2. The van der Waals surface area contributed by atoms with Gasteiger partial charge in [-0.3, -0.25) is 19.3 Å². The van der Waals surface area contributed by atoms with Crippen LogP contribution in [-0.4, -0.2) is 127 Å². The molecule has 3 aliphatic heterocycles. The Bertz CT molecular complexity index is 1560. The highest BCUT2D eigenvalue weighted by molar-refractivity contribution is 6.31. The summed E-state index contributed by atoms with van der Waals surface area (Å²) < 4.78 is 21.3. The molecule has 5 aliphatic rings. The summed E-state index contributed by atoms with van der Waals surface area (Å²) in [5.74, 6) is -1.92. The van der Waals surface area contributed by atoms with E-state index in [1.807, 2.05) is 6.92 Å². The zero-order chi connectivity index (χ0) is 33.6. The minimum absolute atomic E-state index is 0.00927. The second-order valence-corrected chi connectivity index (χ2v) is 12.8. The molecule has 0 bridgehead atoms. The van der Waals surface area contributed by atoms with Gasteiger partial charge in [0.25, 0.3) is 0 Å². The Morgan fingerprint density at radius 2 is 1.68 bits per heavy atom. The lowest BCUT2D eigenvalue weighted by Crippen LogP contribution is -2.59. The van der Waals surface area contributed by atoms with Gasteiger partial charge in [-0.15, -0.1) is 0 Å². The van der Waals surface area contributed by atoms with Gasteiger partial charge in [-0.25, -0.2) is 0 Å². The van der Waals surface area contributed by atoms with E-state index >= 15 is 0 Å². The first-order valence-electron chi connectivity index (χ1n) is 16.1. The molecule has 47 heavy (non-hydrogen) atoms. The molecule has 5 N–H and O–H groups in total. The molecule has 0 radical (unpaired) electrons. The third kappa shape index (κ3) is 6.00. The van der Waals surface area contributed by atoms with Gasteiger partial charge in [0.2, 0.25) is 11.7 Å². The summed E-state index contributed by atoms with van der Waals surface area (Å²) in [6.45, 7) is 5.91. The van der Waals surface area contributed by atoms with Crippen molar-refractivity contribution in [2.24, 2.45) is 11.7 Å². The largest absolute Gasteiger partial charge is 0.507 e. The van der Waals surface area contributed by atoms with Crippen molar-refractivity contribution >= 4 is 17.5 Å². The number of hydrogen-bond acceptors (Lipinski definition) is 12. The van der Waals surface area contributed by atoms with Crippen molar-refractivity contribution < 1.29 is 48.7 Å². The van der Waals surface area contributed by atoms with Crippen molar-refractivity contribution in [1.82, 2.24) is 9.80 Å². The average molecular weight is 654 g/mol. The zero-order valence-electron chi connectivity index (χ0n) is 26.9. The monoisotopic (exact) mass is 653 g/mol. The molecular weight excluding hydrogens is 610 g/mol. The molecule has 3 heterocycles. The number of fused-ring (bicyclic) bond motifs is 3. The molecule has 5 unspecified atom stereocenters. The highest BCUT2D eigenvalue weighted by Gasteiger charge is 2.42. The third-order valence-corrected chi connectivity index (χ3v) is 10.1. The fourth-order valence-corrected chi connectivity index (χ4v) is 7.40. The van der Waals surface area contributed by atoms with E-state index in [9.17, 15) is 29.7 Å². The number of hydrogen-bond donors (Lipinski definition) is 4. The number of benzene rings is 2. The number of rotatable bonds is 4. The quantitative estimate of drug-likeness (QED) is 0.294. The summed E-state index contributed by atoms with van der Waals surface area (Å²) in [6, 6.07) is 4.82. The molecule has 7 rings (SSSR count). The lowest BCUT2D eigenvalue weighted by molar-refractivity contribution is -0.190. The van der Waals surface area contributed by atoms with Crippen molar-refractivity contribution in [3.63, 3.8) is 0 Å². The lowest BCUT2D eigenvalue weighted by Gasteiger charge is -2.43. The summed E-state index contributed by atoms with van der Waals surface area (Å²) in [4.78, 5) is 43.2. The van der Waals surface area contributed by atoms with Gasteiger partial charge in [-0.1, -0.05) is 12.1 Å². The van der Waals surface area contributed by atoms with E-state index in [1.165, 1.54) is 13.2 Å². The Morgan fingerprint density at radius 1 is 0.957 bits per heavy atom. The molecular formula is C34H43N3O10. The number of aliphatic hydroxyl groups excluding tert-OH is 1. The van der Waals surface area contributed by atoms with Crippen LogP contribution in [-0.2, 0) is 31.8 Å². The number of nitrogens with two attached hydrogens (primary N) is 1. The maximum absolute atomic E-state index is 13.3. The standard InChI is InChI=1S/C23H22N2O6.C11H21NO4/c1-31-15-4-2-3-13-16(15)22(29)18-17(20(13)27)21(28)14-7-10(5-6-12(14)19(18)26)23(30)25-8-11(24)9-25;1-8-11(13)9(3-5-15-8)12-4-6-16-10(7-12)14-2/h2-4,10-11,26,28H,5-9,24H2,1H3;8-11,13H,3-7H2,1-2H3. The topological polar surface area (TPSA) is 181 Å². The highest BCUT2D eigenvalue weighted by atomic mass is 16.7. The van der Waals surface area contributed by atoms with Gasteiger partial charge < -0.3 is 44.9 Å². The van der Waals surface area contributed by atoms with Gasteiger partial charge in [0.1, 0.15) is 17.2 Å². The van der Waals surface area contributed by atoms with Crippen LogP contribution in [0.1, 0.15) is 62.7 Å². The van der Waals surface area contributed by atoms with Gasteiger partial charge in [-0.2, -0.15) is 0 Å². The maximum Gasteiger partial charge on any atom is 0.226 e. The number of methoxy groups -OCH3 is 2. The molecule has 0 saturated carbocycles. The van der Waals surface area contributed by atoms with Crippen LogP contribution in [0.5, 0.6) is 17.2 Å². The summed E-state index contributed by atoms with van der Waals surface area (Å²) in [5, 5.41) is 32.1. The predicted molar refractivity (Wildman–Crippen MR) is 168 cm³/mol. The highest BCUT2D eigenvalue weighted by Crippen LogP contribution is 2.47. The Balaban J connectivity index is 0.000000203. The van der Waals surface area contributed by atoms with Crippen LogP contribution < -0.4 is 10.5 Å². The van der Waals surface area contributed by atoms with Crippen molar-refractivity contribution in [2.45, 2.75) is 63.2 Å². The van der Waals surface area contributed by atoms with Crippen molar-refractivity contribution in [1.29, 1.82) is 0 Å². The van der Waals surface area contributed by atoms with Gasteiger partial charge in [0.15, 0.2) is 12.1 Å². The third-order valence-electron chi connectivity index (χ3n) is 10.1. The van der Waals surface area contributed by atoms with Gasteiger partial charge >= 0.3 is 0 Å². The van der Waals surface area contributed by atoms with E-state index < -0.39 is 17.7 Å². The summed E-state index contributed by atoms with van der Waals surface area (Å²) in [5.41, 5.74) is 6.34. The van der Waals surface area contributed by atoms with E-state index in [2.05, 4.69) is 4.90 Å². The number of likely N-dealkylation sites (tertiary alicyclic amines) is 1. The molecule has 2 aromatic rings. The minimum atomic E-state index is -0.564. The van der Waals surface area contributed by atoms with E-state index in [0.29, 0.717) is 43.7 Å². The van der Waals surface area contributed by atoms with Gasteiger partial charge in [0.05, 0.1) is 42.6 Å². The summed E-state index contributed by atoms with van der Waals surface area (Å²) in [6.07, 6.45) is 1.20. The number of phenols is 2. The first-order valence-corrected chi connectivity index (χ1v) is 16.1. The van der Waals surface area contributed by atoms with E-state index in [1.54, 1.807) is 24.1 Å². The molecule has 3 fully saturated rings.